The molecule has 1 fully saturated rings. The van der Waals surface area contributed by atoms with Crippen molar-refractivity contribution in [3.63, 3.8) is 0 Å². The molecule has 0 amide bonds. The van der Waals surface area contributed by atoms with Gasteiger partial charge >= 0.3 is 0 Å². The second kappa shape index (κ2) is 7.82. The first-order valence-corrected chi connectivity index (χ1v) is 8.68. The summed E-state index contributed by atoms with van der Waals surface area (Å²) in [5, 5.41) is 1.29. The summed E-state index contributed by atoms with van der Waals surface area (Å²) >= 11 is 12.6. The van der Waals surface area contributed by atoms with Crippen molar-refractivity contribution in [3.05, 3.63) is 33.8 Å². The second-order valence-electron chi connectivity index (χ2n) is 6.44. The Kier molecular flexibility index (Phi) is 6.36. The van der Waals surface area contributed by atoms with E-state index in [1.54, 1.807) is 0 Å². The van der Waals surface area contributed by atoms with Gasteiger partial charge in [-0.25, -0.2) is 0 Å². The number of rotatable bonds is 5. The maximum atomic E-state index is 6.43. The van der Waals surface area contributed by atoms with Crippen molar-refractivity contribution >= 4 is 23.2 Å². The fourth-order valence-corrected chi connectivity index (χ4v) is 3.91. The van der Waals surface area contributed by atoms with Gasteiger partial charge in [0, 0.05) is 25.0 Å². The van der Waals surface area contributed by atoms with E-state index in [0.717, 1.165) is 18.7 Å². The highest BCUT2D eigenvalue weighted by molar-refractivity contribution is 6.42. The molecule has 1 aliphatic heterocycles. The van der Waals surface area contributed by atoms with E-state index in [-0.39, 0.29) is 5.92 Å². The van der Waals surface area contributed by atoms with Gasteiger partial charge in [0.05, 0.1) is 10.0 Å². The molecule has 118 valence electrons. The summed E-state index contributed by atoms with van der Waals surface area (Å²) in [5.41, 5.74) is 7.22. The minimum Gasteiger partial charge on any atom is -0.330 e. The number of nitrogens with zero attached hydrogens (tertiary/aromatic N) is 1. The molecular weight excluding hydrogens is 303 g/mol. The summed E-state index contributed by atoms with van der Waals surface area (Å²) in [6.07, 6.45) is 3.75. The minimum absolute atomic E-state index is 0.259. The molecule has 2 nitrogen and oxygen atoms in total. The zero-order valence-corrected chi connectivity index (χ0v) is 14.5. The molecule has 21 heavy (non-hydrogen) atoms. The maximum absolute atomic E-state index is 6.43. The van der Waals surface area contributed by atoms with Gasteiger partial charge < -0.3 is 5.73 Å². The van der Waals surface area contributed by atoms with Gasteiger partial charge in [0.25, 0.3) is 0 Å². The van der Waals surface area contributed by atoms with Gasteiger partial charge in [-0.05, 0) is 36.9 Å². The van der Waals surface area contributed by atoms with E-state index < -0.39 is 0 Å². The quantitative estimate of drug-likeness (QED) is 0.859. The Hall–Kier alpha value is -0.280. The van der Waals surface area contributed by atoms with Crippen LogP contribution < -0.4 is 5.73 Å². The van der Waals surface area contributed by atoms with Crippen LogP contribution in [-0.2, 0) is 0 Å². The zero-order chi connectivity index (χ0) is 15.4. The van der Waals surface area contributed by atoms with Gasteiger partial charge in [-0.15, -0.1) is 0 Å². The van der Waals surface area contributed by atoms with E-state index in [0.29, 0.717) is 28.5 Å². The lowest BCUT2D eigenvalue weighted by Crippen LogP contribution is -2.46. The number of hydrogen-bond donors (Lipinski definition) is 1. The molecule has 0 aromatic heterocycles. The Labute approximate surface area is 138 Å². The van der Waals surface area contributed by atoms with Gasteiger partial charge in [0.1, 0.15) is 0 Å². The Bertz CT molecular complexity index is 462. The molecule has 0 aliphatic carbocycles. The second-order valence-corrected chi connectivity index (χ2v) is 7.22. The third-order valence-electron chi connectivity index (χ3n) is 4.36. The molecule has 1 aliphatic rings. The summed E-state index contributed by atoms with van der Waals surface area (Å²) in [6, 6.07) is 6.37. The lowest BCUT2D eigenvalue weighted by molar-refractivity contribution is 0.112. The zero-order valence-electron chi connectivity index (χ0n) is 13.0. The minimum atomic E-state index is 0.259. The average Bonchev–Trinajstić information content (AvgIpc) is 2.45. The lowest BCUT2D eigenvalue weighted by atomic mass is 9.84. The molecule has 1 heterocycles. The van der Waals surface area contributed by atoms with Crippen LogP contribution in [-0.4, -0.2) is 30.6 Å². The molecule has 1 aromatic rings. The van der Waals surface area contributed by atoms with Crippen molar-refractivity contribution < 1.29 is 0 Å². The van der Waals surface area contributed by atoms with Crippen LogP contribution in [0.4, 0.5) is 0 Å². The predicted molar refractivity (Wildman–Crippen MR) is 92.3 cm³/mol. The van der Waals surface area contributed by atoms with E-state index in [4.69, 9.17) is 28.9 Å². The Morgan fingerprint density at radius 1 is 1.29 bits per heavy atom. The van der Waals surface area contributed by atoms with Crippen molar-refractivity contribution in [1.82, 2.24) is 4.90 Å². The van der Waals surface area contributed by atoms with Crippen LogP contribution in [0.2, 0.25) is 10.0 Å². The van der Waals surface area contributed by atoms with Crippen LogP contribution in [0.1, 0.15) is 44.6 Å². The number of likely N-dealkylation sites (tertiary alicyclic amines) is 1. The average molecular weight is 329 g/mol. The number of hydrogen-bond acceptors (Lipinski definition) is 2. The normalized spacial score (nSPS) is 21.7. The molecule has 2 rings (SSSR count). The van der Waals surface area contributed by atoms with Crippen LogP contribution in [0.3, 0.4) is 0 Å². The predicted octanol–water partition coefficient (Wildman–Crippen LogP) is 4.55. The van der Waals surface area contributed by atoms with Crippen molar-refractivity contribution in [2.75, 3.05) is 19.6 Å². The SMILES string of the molecule is CC(C)CN1CCCCC1C(CN)c1cccc(Cl)c1Cl. The third-order valence-corrected chi connectivity index (χ3v) is 5.20. The van der Waals surface area contributed by atoms with Gasteiger partial charge in [-0.2, -0.15) is 0 Å². The van der Waals surface area contributed by atoms with Crippen molar-refractivity contribution in [1.29, 1.82) is 0 Å². The van der Waals surface area contributed by atoms with Gasteiger partial charge in [0.15, 0.2) is 0 Å². The van der Waals surface area contributed by atoms with Crippen LogP contribution in [0.5, 0.6) is 0 Å². The number of nitrogens with two attached hydrogens (primary N) is 1. The fourth-order valence-electron chi connectivity index (χ4n) is 3.47. The standard InChI is InChI=1S/C17H26Cl2N2/c1-12(2)11-21-9-4-3-8-16(21)14(10-20)13-6-5-7-15(18)17(13)19/h5-7,12,14,16H,3-4,8-11,20H2,1-2H3. The topological polar surface area (TPSA) is 29.3 Å². The highest BCUT2D eigenvalue weighted by atomic mass is 35.5. The summed E-state index contributed by atoms with van der Waals surface area (Å²) in [4.78, 5) is 2.60. The molecule has 4 heteroatoms. The van der Waals surface area contributed by atoms with Gasteiger partial charge in [0.2, 0.25) is 0 Å². The first-order chi connectivity index (χ1) is 10.0. The summed E-state index contributed by atoms with van der Waals surface area (Å²) in [7, 11) is 0. The lowest BCUT2D eigenvalue weighted by Gasteiger charge is -2.41. The van der Waals surface area contributed by atoms with Gasteiger partial charge in [-0.3, -0.25) is 4.90 Å². The maximum Gasteiger partial charge on any atom is 0.0628 e. The van der Waals surface area contributed by atoms with E-state index in [2.05, 4.69) is 24.8 Å². The first kappa shape index (κ1) is 17.1. The monoisotopic (exact) mass is 328 g/mol. The van der Waals surface area contributed by atoms with Crippen molar-refractivity contribution in [2.24, 2.45) is 11.7 Å². The molecule has 0 saturated carbocycles. The van der Waals surface area contributed by atoms with Crippen LogP contribution in [0, 0.1) is 5.92 Å². The number of benzene rings is 1. The molecule has 2 N–H and O–H groups in total. The highest BCUT2D eigenvalue weighted by Gasteiger charge is 2.31. The molecule has 0 radical (unpaired) electrons. The summed E-state index contributed by atoms with van der Waals surface area (Å²) in [5.74, 6) is 0.925. The smallest absolute Gasteiger partial charge is 0.0628 e. The van der Waals surface area contributed by atoms with E-state index in [1.165, 1.54) is 19.3 Å². The molecular formula is C17H26Cl2N2. The van der Waals surface area contributed by atoms with Crippen LogP contribution >= 0.6 is 23.2 Å². The number of halogens is 2. The van der Waals surface area contributed by atoms with Crippen molar-refractivity contribution in [2.45, 2.75) is 45.1 Å². The Morgan fingerprint density at radius 3 is 2.71 bits per heavy atom. The van der Waals surface area contributed by atoms with E-state index >= 15 is 0 Å². The molecule has 1 saturated heterocycles. The largest absolute Gasteiger partial charge is 0.330 e. The first-order valence-electron chi connectivity index (χ1n) is 7.92. The molecule has 2 atom stereocenters. The van der Waals surface area contributed by atoms with E-state index in [1.807, 2.05) is 12.1 Å². The molecule has 2 unspecified atom stereocenters. The molecule has 0 spiro atoms. The fraction of sp³-hybridized carbons (Fsp3) is 0.647. The van der Waals surface area contributed by atoms with E-state index in [9.17, 15) is 0 Å². The number of piperidine rings is 1. The Balaban J connectivity index is 2.27. The molecule has 0 bridgehead atoms. The third kappa shape index (κ3) is 4.13. The van der Waals surface area contributed by atoms with Crippen LogP contribution in [0.25, 0.3) is 0 Å². The van der Waals surface area contributed by atoms with Crippen molar-refractivity contribution in [3.8, 4) is 0 Å². The molecule has 1 aromatic carbocycles. The Morgan fingerprint density at radius 2 is 2.05 bits per heavy atom. The summed E-state index contributed by atoms with van der Waals surface area (Å²) < 4.78 is 0. The van der Waals surface area contributed by atoms with Gasteiger partial charge in [-0.1, -0.05) is 55.6 Å². The summed E-state index contributed by atoms with van der Waals surface area (Å²) in [6.45, 7) is 7.45. The van der Waals surface area contributed by atoms with Crippen LogP contribution in [0.15, 0.2) is 18.2 Å². The highest BCUT2D eigenvalue weighted by Crippen LogP contribution is 2.36.